The van der Waals surface area contributed by atoms with Gasteiger partial charge in [0.05, 0.1) is 0 Å². The summed E-state index contributed by atoms with van der Waals surface area (Å²) in [6, 6.07) is 57.5. The molecule has 2 N–H and O–H groups in total. The minimum atomic E-state index is -1.02. The molecule has 0 aliphatic rings. The van der Waals surface area contributed by atoms with E-state index in [-0.39, 0.29) is 0 Å². The van der Waals surface area contributed by atoms with Gasteiger partial charge in [0, 0.05) is 22.7 Å². The Hall–Kier alpha value is -5.64. The first kappa shape index (κ1) is 29.4. The van der Waals surface area contributed by atoms with Gasteiger partial charge >= 0.3 is 0 Å². The van der Waals surface area contributed by atoms with E-state index >= 15 is 0 Å². The van der Waals surface area contributed by atoms with Gasteiger partial charge in [-0.1, -0.05) is 147 Å². The van der Waals surface area contributed by atoms with Crippen LogP contribution in [-0.4, -0.2) is 0 Å². The van der Waals surface area contributed by atoms with Crippen molar-refractivity contribution < 1.29 is 4.74 Å². The molecule has 45 heavy (non-hydrogen) atoms. The van der Waals surface area contributed by atoms with Gasteiger partial charge in [-0.25, -0.2) is 0 Å². The predicted octanol–water partition coefficient (Wildman–Crippen LogP) is 10.7. The van der Waals surface area contributed by atoms with Crippen LogP contribution in [0, 0.1) is 0 Å². The summed E-state index contributed by atoms with van der Waals surface area (Å²) in [4.78, 5) is 0. The van der Waals surface area contributed by atoms with Gasteiger partial charge < -0.3 is 15.4 Å². The van der Waals surface area contributed by atoms with Gasteiger partial charge in [0.25, 0.3) is 0 Å². The standard InChI is InChI=1S/C42H36N2O/c1-3-41(33-17-9-5-10-18-33,35-25-29-39(30-26-35)43-37-21-13-7-14-22-37)45-42(4-2,34-19-11-6-12-20-34)36-27-31-40(32-28-36)44-38-23-15-8-16-24-38/h3-32,43-44H,1-2H2. The third-order valence-corrected chi connectivity index (χ3v) is 8.05. The van der Waals surface area contributed by atoms with Crippen molar-refractivity contribution in [3.63, 3.8) is 0 Å². The zero-order valence-corrected chi connectivity index (χ0v) is 25.1. The summed E-state index contributed by atoms with van der Waals surface area (Å²) in [7, 11) is 0. The Kier molecular flexibility index (Phi) is 8.72. The van der Waals surface area contributed by atoms with E-state index in [4.69, 9.17) is 4.74 Å². The van der Waals surface area contributed by atoms with Gasteiger partial charge in [-0.3, -0.25) is 0 Å². The molecule has 0 fully saturated rings. The molecule has 6 aromatic carbocycles. The molecule has 0 radical (unpaired) electrons. The van der Waals surface area contributed by atoms with Crippen LogP contribution in [-0.2, 0) is 15.9 Å². The van der Waals surface area contributed by atoms with Crippen LogP contribution >= 0.6 is 0 Å². The number of benzene rings is 6. The van der Waals surface area contributed by atoms with Crippen LogP contribution in [0.1, 0.15) is 22.3 Å². The van der Waals surface area contributed by atoms with Crippen LogP contribution in [0.4, 0.5) is 22.7 Å². The first-order chi connectivity index (χ1) is 22.1. The molecule has 3 heteroatoms. The Balaban J connectivity index is 1.45. The smallest absolute Gasteiger partial charge is 0.138 e. The third kappa shape index (κ3) is 6.21. The highest BCUT2D eigenvalue weighted by atomic mass is 16.5. The quantitative estimate of drug-likeness (QED) is 0.140. The summed E-state index contributed by atoms with van der Waals surface area (Å²) in [5.74, 6) is 0. The molecular formula is C42H36N2O. The number of rotatable bonds is 12. The van der Waals surface area contributed by atoms with E-state index in [0.29, 0.717) is 0 Å². The molecule has 0 amide bonds. The maximum atomic E-state index is 7.51. The van der Waals surface area contributed by atoms with Crippen molar-refractivity contribution in [1.82, 2.24) is 0 Å². The Morgan fingerprint density at radius 2 is 0.622 bits per heavy atom. The van der Waals surface area contributed by atoms with E-state index in [1.54, 1.807) is 0 Å². The molecule has 0 aliphatic heterocycles. The lowest BCUT2D eigenvalue weighted by molar-refractivity contribution is -0.0719. The van der Waals surface area contributed by atoms with E-state index in [9.17, 15) is 0 Å². The third-order valence-electron chi connectivity index (χ3n) is 8.05. The fourth-order valence-corrected chi connectivity index (χ4v) is 5.73. The van der Waals surface area contributed by atoms with E-state index in [1.165, 1.54) is 0 Å². The Morgan fingerprint density at radius 3 is 0.933 bits per heavy atom. The number of hydrogen-bond acceptors (Lipinski definition) is 3. The van der Waals surface area contributed by atoms with E-state index < -0.39 is 11.2 Å². The van der Waals surface area contributed by atoms with Crippen LogP contribution < -0.4 is 10.6 Å². The lowest BCUT2D eigenvalue weighted by Gasteiger charge is -2.43. The number of anilines is 4. The molecule has 0 saturated carbocycles. The summed E-state index contributed by atoms with van der Waals surface area (Å²) < 4.78 is 7.51. The number of hydrogen-bond donors (Lipinski definition) is 2. The van der Waals surface area contributed by atoms with Crippen molar-refractivity contribution >= 4 is 22.7 Å². The molecular weight excluding hydrogens is 548 g/mol. The van der Waals surface area contributed by atoms with Gasteiger partial charge in [0.2, 0.25) is 0 Å². The number of nitrogens with one attached hydrogen (secondary N) is 2. The molecule has 6 rings (SSSR count). The van der Waals surface area contributed by atoms with Crippen molar-refractivity contribution in [2.45, 2.75) is 11.2 Å². The summed E-state index contributed by atoms with van der Waals surface area (Å²) >= 11 is 0. The van der Waals surface area contributed by atoms with Crippen molar-refractivity contribution in [3.05, 3.63) is 217 Å². The highest BCUT2D eigenvalue weighted by Crippen LogP contribution is 2.46. The largest absolute Gasteiger partial charge is 0.356 e. The zero-order valence-electron chi connectivity index (χ0n) is 25.1. The molecule has 3 nitrogen and oxygen atoms in total. The average Bonchev–Trinajstić information content (AvgIpc) is 3.12. The minimum absolute atomic E-state index is 0.951. The highest BCUT2D eigenvalue weighted by molar-refractivity contribution is 5.62. The van der Waals surface area contributed by atoms with Gasteiger partial charge in [0.1, 0.15) is 11.2 Å². The van der Waals surface area contributed by atoms with Gasteiger partial charge in [-0.2, -0.15) is 0 Å². The molecule has 0 spiro atoms. The number of ether oxygens (including phenoxy) is 1. The summed E-state index contributed by atoms with van der Waals surface area (Å²) in [5.41, 5.74) is 5.82. The summed E-state index contributed by atoms with van der Waals surface area (Å²) in [6.07, 6.45) is 3.79. The summed E-state index contributed by atoms with van der Waals surface area (Å²) in [5, 5.41) is 6.97. The van der Waals surface area contributed by atoms with Crippen LogP contribution in [0.25, 0.3) is 0 Å². The second-order valence-electron chi connectivity index (χ2n) is 10.9. The van der Waals surface area contributed by atoms with Crippen molar-refractivity contribution in [3.8, 4) is 0 Å². The normalized spacial score (nSPS) is 13.5. The maximum absolute atomic E-state index is 7.51. The van der Waals surface area contributed by atoms with Crippen molar-refractivity contribution in [2.75, 3.05) is 10.6 Å². The zero-order chi connectivity index (χ0) is 31.0. The van der Waals surface area contributed by atoms with Crippen molar-refractivity contribution in [2.24, 2.45) is 0 Å². The van der Waals surface area contributed by atoms with E-state index in [2.05, 4.69) is 96.6 Å². The molecule has 0 heterocycles. The molecule has 0 aliphatic carbocycles. The maximum Gasteiger partial charge on any atom is 0.138 e. The minimum Gasteiger partial charge on any atom is -0.356 e. The monoisotopic (exact) mass is 584 g/mol. The van der Waals surface area contributed by atoms with Gasteiger partial charge in [0.15, 0.2) is 0 Å². The summed E-state index contributed by atoms with van der Waals surface area (Å²) in [6.45, 7) is 8.72. The topological polar surface area (TPSA) is 33.3 Å². The van der Waals surface area contributed by atoms with Crippen LogP contribution in [0.5, 0.6) is 0 Å². The Labute approximate surface area is 266 Å². The lowest BCUT2D eigenvalue weighted by Crippen LogP contribution is -2.40. The fourth-order valence-electron chi connectivity index (χ4n) is 5.73. The van der Waals surface area contributed by atoms with Crippen LogP contribution in [0.3, 0.4) is 0 Å². The first-order valence-electron chi connectivity index (χ1n) is 15.1. The van der Waals surface area contributed by atoms with Crippen LogP contribution in [0.2, 0.25) is 0 Å². The second-order valence-corrected chi connectivity index (χ2v) is 10.9. The van der Waals surface area contributed by atoms with E-state index in [1.807, 2.05) is 109 Å². The number of para-hydroxylation sites is 2. The predicted molar refractivity (Wildman–Crippen MR) is 188 cm³/mol. The van der Waals surface area contributed by atoms with E-state index in [0.717, 1.165) is 45.0 Å². The second kappa shape index (κ2) is 13.3. The first-order valence-corrected chi connectivity index (χ1v) is 15.1. The molecule has 0 bridgehead atoms. The molecule has 0 saturated heterocycles. The molecule has 220 valence electrons. The molecule has 2 unspecified atom stereocenters. The van der Waals surface area contributed by atoms with Crippen LogP contribution in [0.15, 0.2) is 195 Å². The lowest BCUT2D eigenvalue weighted by atomic mass is 9.81. The SMILES string of the molecule is C=CC(OC(C=C)(c1ccccc1)c1ccc(Nc2ccccc2)cc1)(c1ccccc1)c1ccc(Nc2ccccc2)cc1. The molecule has 6 aromatic rings. The Morgan fingerprint density at radius 1 is 0.356 bits per heavy atom. The highest BCUT2D eigenvalue weighted by Gasteiger charge is 2.43. The fraction of sp³-hybridized carbons (Fsp3) is 0.0476. The van der Waals surface area contributed by atoms with Gasteiger partial charge in [-0.05, 0) is 70.8 Å². The molecule has 0 aromatic heterocycles. The van der Waals surface area contributed by atoms with Gasteiger partial charge in [-0.15, -0.1) is 0 Å². The Bertz CT molecular complexity index is 1680. The molecule has 2 atom stereocenters. The van der Waals surface area contributed by atoms with Crippen molar-refractivity contribution in [1.29, 1.82) is 0 Å². The average molecular weight is 585 g/mol.